The van der Waals surface area contributed by atoms with Gasteiger partial charge in [0.1, 0.15) is 22.0 Å². The summed E-state index contributed by atoms with van der Waals surface area (Å²) in [5, 5.41) is 3.07. The van der Waals surface area contributed by atoms with Crippen LogP contribution in [0.3, 0.4) is 0 Å². The molecule has 188 valence electrons. The number of benzene rings is 1. The molecule has 2 aliphatic rings. The van der Waals surface area contributed by atoms with Crippen molar-refractivity contribution < 1.29 is 23.8 Å². The Morgan fingerprint density at radius 2 is 1.89 bits per heavy atom. The molecule has 3 aromatic rings. The van der Waals surface area contributed by atoms with Crippen LogP contribution in [0.15, 0.2) is 30.6 Å². The van der Waals surface area contributed by atoms with Gasteiger partial charge in [0.25, 0.3) is 17.0 Å². The van der Waals surface area contributed by atoms with E-state index in [2.05, 4.69) is 20.3 Å². The van der Waals surface area contributed by atoms with Gasteiger partial charge in [-0.3, -0.25) is 14.6 Å². The van der Waals surface area contributed by atoms with Gasteiger partial charge < -0.3 is 24.4 Å². The number of anilines is 1. The molecule has 1 saturated carbocycles. The zero-order valence-corrected chi connectivity index (χ0v) is 21.2. The maximum Gasteiger partial charge on any atom is 0.279 e. The fourth-order valence-electron chi connectivity index (χ4n) is 3.77. The molecule has 36 heavy (non-hydrogen) atoms. The molecule has 3 heterocycles. The molecule has 0 spiro atoms. The first-order valence-corrected chi connectivity index (χ1v) is 12.5. The van der Waals surface area contributed by atoms with E-state index < -0.39 is 5.60 Å². The highest BCUT2D eigenvalue weighted by Gasteiger charge is 2.45. The van der Waals surface area contributed by atoms with Crippen molar-refractivity contribution in [2.45, 2.75) is 38.7 Å². The molecule has 1 aliphatic heterocycles. The quantitative estimate of drug-likeness (QED) is 0.460. The maximum atomic E-state index is 13.0. The molecule has 0 radical (unpaired) electrons. The first-order valence-electron chi connectivity index (χ1n) is 11.7. The van der Waals surface area contributed by atoms with Crippen LogP contribution in [0.1, 0.15) is 50.7 Å². The number of rotatable bonds is 9. The Hall–Kier alpha value is -3.57. The summed E-state index contributed by atoms with van der Waals surface area (Å²) in [4.78, 5) is 40.9. The number of nitrogens with one attached hydrogen (secondary N) is 1. The van der Waals surface area contributed by atoms with E-state index in [0.29, 0.717) is 45.3 Å². The van der Waals surface area contributed by atoms with Crippen LogP contribution in [0, 0.1) is 13.8 Å². The molecule has 2 amide bonds. The Balaban J connectivity index is 1.40. The van der Waals surface area contributed by atoms with Gasteiger partial charge in [-0.05, 0) is 45.2 Å². The van der Waals surface area contributed by atoms with Gasteiger partial charge in [-0.25, -0.2) is 9.97 Å². The summed E-state index contributed by atoms with van der Waals surface area (Å²) in [6, 6.07) is 4.98. The van der Waals surface area contributed by atoms with Crippen molar-refractivity contribution in [2.75, 3.05) is 32.1 Å². The molecule has 2 fully saturated rings. The van der Waals surface area contributed by atoms with Crippen molar-refractivity contribution in [3.8, 4) is 16.7 Å². The van der Waals surface area contributed by atoms with E-state index in [0.717, 1.165) is 38.0 Å². The Labute approximate surface area is 212 Å². The lowest BCUT2D eigenvalue weighted by atomic mass is 10.2. The molecule has 1 aromatic carbocycles. The highest BCUT2D eigenvalue weighted by atomic mass is 32.1. The molecule has 1 saturated heterocycles. The van der Waals surface area contributed by atoms with Gasteiger partial charge in [-0.2, -0.15) is 0 Å². The SMILES string of the molecule is COCC1(Oc2cc(Oc3nc(C)c(C(=O)N4CCC4)s3)cc(C(=O)Nc3cnc(C)cn3)c2)CC1. The van der Waals surface area contributed by atoms with Crippen molar-refractivity contribution in [1.82, 2.24) is 19.9 Å². The second kappa shape index (κ2) is 9.82. The highest BCUT2D eigenvalue weighted by molar-refractivity contribution is 7.15. The van der Waals surface area contributed by atoms with E-state index in [4.69, 9.17) is 14.2 Å². The van der Waals surface area contributed by atoms with Crippen LogP contribution in [-0.2, 0) is 4.74 Å². The minimum Gasteiger partial charge on any atom is -0.485 e. The monoisotopic (exact) mass is 509 g/mol. The van der Waals surface area contributed by atoms with Gasteiger partial charge in [0.05, 0.1) is 30.4 Å². The summed E-state index contributed by atoms with van der Waals surface area (Å²) in [6.07, 6.45) is 5.82. The molecule has 1 aliphatic carbocycles. The summed E-state index contributed by atoms with van der Waals surface area (Å²) in [7, 11) is 1.63. The normalized spacial score (nSPS) is 15.7. The summed E-state index contributed by atoms with van der Waals surface area (Å²) in [5.41, 5.74) is 1.28. The van der Waals surface area contributed by atoms with Crippen molar-refractivity contribution in [3.05, 3.63) is 52.4 Å². The fraction of sp³-hybridized carbons (Fsp3) is 0.400. The molecule has 10 nitrogen and oxygen atoms in total. The smallest absolute Gasteiger partial charge is 0.279 e. The zero-order valence-electron chi connectivity index (χ0n) is 20.4. The molecule has 5 rings (SSSR count). The number of methoxy groups -OCH3 is 1. The number of thiazole rings is 1. The van der Waals surface area contributed by atoms with Crippen LogP contribution in [-0.4, -0.2) is 64.1 Å². The number of aryl methyl sites for hydroxylation is 2. The number of hydrogen-bond acceptors (Lipinski definition) is 9. The third-order valence-electron chi connectivity index (χ3n) is 6.03. The van der Waals surface area contributed by atoms with Crippen LogP contribution in [0.4, 0.5) is 5.82 Å². The summed E-state index contributed by atoms with van der Waals surface area (Å²) in [5.74, 6) is 0.772. The Morgan fingerprint density at radius 3 is 2.53 bits per heavy atom. The standard InChI is InChI=1S/C25H27N5O5S/c1-15-12-27-20(13-26-15)29-22(31)17-9-18(11-19(10-17)35-25(5-6-25)14-33-3)34-24-28-16(2)21(36-24)23(32)30-7-4-8-30/h9-13H,4-8,14H2,1-3H3,(H,27,29,31). The Morgan fingerprint density at radius 1 is 1.11 bits per heavy atom. The van der Waals surface area contributed by atoms with E-state index in [1.54, 1.807) is 43.3 Å². The van der Waals surface area contributed by atoms with Gasteiger partial charge in [-0.15, -0.1) is 0 Å². The first kappa shape index (κ1) is 24.1. The van der Waals surface area contributed by atoms with Crippen LogP contribution in [0.25, 0.3) is 0 Å². The van der Waals surface area contributed by atoms with E-state index in [-0.39, 0.29) is 11.8 Å². The van der Waals surface area contributed by atoms with Gasteiger partial charge >= 0.3 is 0 Å². The van der Waals surface area contributed by atoms with E-state index in [1.165, 1.54) is 17.5 Å². The van der Waals surface area contributed by atoms with Crippen LogP contribution >= 0.6 is 11.3 Å². The minimum atomic E-state index is -0.405. The van der Waals surface area contributed by atoms with Crippen LogP contribution in [0.5, 0.6) is 16.7 Å². The number of hydrogen-bond donors (Lipinski definition) is 1. The number of carbonyl (C=O) groups is 2. The van der Waals surface area contributed by atoms with Gasteiger partial charge in [-0.1, -0.05) is 11.3 Å². The largest absolute Gasteiger partial charge is 0.485 e. The van der Waals surface area contributed by atoms with Crippen molar-refractivity contribution >= 4 is 29.0 Å². The number of aromatic nitrogens is 3. The maximum absolute atomic E-state index is 13.0. The average molecular weight is 510 g/mol. The molecule has 0 atom stereocenters. The predicted octanol–water partition coefficient (Wildman–Crippen LogP) is 4.00. The molecule has 2 aromatic heterocycles. The fourth-order valence-corrected chi connectivity index (χ4v) is 4.68. The Bertz CT molecular complexity index is 1280. The van der Waals surface area contributed by atoms with E-state index in [9.17, 15) is 9.59 Å². The number of likely N-dealkylation sites (tertiary alicyclic amines) is 1. The second-order valence-electron chi connectivity index (χ2n) is 9.05. The first-order chi connectivity index (χ1) is 17.3. The third kappa shape index (κ3) is 5.31. The van der Waals surface area contributed by atoms with Crippen molar-refractivity contribution in [1.29, 1.82) is 0 Å². The molecule has 1 N–H and O–H groups in total. The van der Waals surface area contributed by atoms with Crippen molar-refractivity contribution in [3.63, 3.8) is 0 Å². The number of carbonyl (C=O) groups excluding carboxylic acids is 2. The number of nitrogens with zero attached hydrogens (tertiary/aromatic N) is 4. The lowest BCUT2D eigenvalue weighted by Gasteiger charge is -2.30. The summed E-state index contributed by atoms with van der Waals surface area (Å²) >= 11 is 1.19. The lowest BCUT2D eigenvalue weighted by molar-refractivity contribution is 0.0636. The van der Waals surface area contributed by atoms with Crippen molar-refractivity contribution in [2.24, 2.45) is 0 Å². The van der Waals surface area contributed by atoms with E-state index >= 15 is 0 Å². The minimum absolute atomic E-state index is 0.0299. The lowest BCUT2D eigenvalue weighted by Crippen LogP contribution is -2.41. The van der Waals surface area contributed by atoms with E-state index in [1.807, 2.05) is 6.92 Å². The molecule has 0 unspecified atom stereocenters. The number of ether oxygens (including phenoxy) is 3. The van der Waals surface area contributed by atoms with Gasteiger partial charge in [0.15, 0.2) is 5.82 Å². The van der Waals surface area contributed by atoms with Crippen LogP contribution in [0.2, 0.25) is 0 Å². The highest BCUT2D eigenvalue weighted by Crippen LogP contribution is 2.42. The summed E-state index contributed by atoms with van der Waals surface area (Å²) in [6.45, 7) is 5.59. The number of amides is 2. The molecular formula is C25H27N5O5S. The zero-order chi connectivity index (χ0) is 25.3. The topological polar surface area (TPSA) is 116 Å². The van der Waals surface area contributed by atoms with Gasteiger partial charge in [0, 0.05) is 31.8 Å². The second-order valence-corrected chi connectivity index (χ2v) is 10.0. The third-order valence-corrected chi connectivity index (χ3v) is 7.06. The Kier molecular flexibility index (Phi) is 6.59. The molecular weight excluding hydrogens is 482 g/mol. The average Bonchev–Trinajstić information content (AvgIpc) is 3.45. The predicted molar refractivity (Wildman–Crippen MR) is 133 cm³/mol. The van der Waals surface area contributed by atoms with Gasteiger partial charge in [0.2, 0.25) is 0 Å². The van der Waals surface area contributed by atoms with Crippen LogP contribution < -0.4 is 14.8 Å². The summed E-state index contributed by atoms with van der Waals surface area (Å²) < 4.78 is 17.6. The molecule has 0 bridgehead atoms. The molecule has 11 heteroatoms.